The summed E-state index contributed by atoms with van der Waals surface area (Å²) < 4.78 is 32.6. The van der Waals surface area contributed by atoms with Crippen LogP contribution in [0.5, 0.6) is 0 Å². The van der Waals surface area contributed by atoms with Crippen LogP contribution in [0.3, 0.4) is 0 Å². The third-order valence-electron chi connectivity index (χ3n) is 3.05. The molecular formula is C14H14ClN2O3S. The van der Waals surface area contributed by atoms with E-state index in [0.29, 0.717) is 21.7 Å². The molecular weight excluding hydrogens is 312 g/mol. The molecule has 0 aliphatic rings. The Kier molecular flexibility index (Phi) is 4.63. The van der Waals surface area contributed by atoms with Crippen molar-refractivity contribution in [3.8, 4) is 11.1 Å². The van der Waals surface area contributed by atoms with Crippen molar-refractivity contribution in [2.75, 3.05) is 7.05 Å². The van der Waals surface area contributed by atoms with Gasteiger partial charge < -0.3 is 0 Å². The Labute approximate surface area is 128 Å². The second-order valence-corrected chi connectivity index (χ2v) is 6.47. The zero-order valence-electron chi connectivity index (χ0n) is 11.5. The van der Waals surface area contributed by atoms with E-state index in [-0.39, 0.29) is 0 Å². The molecule has 0 saturated carbocycles. The molecule has 0 amide bonds. The first-order valence-electron chi connectivity index (χ1n) is 6.11. The molecule has 0 aliphatic carbocycles. The Hall–Kier alpha value is -1.47. The lowest BCUT2D eigenvalue weighted by molar-refractivity contribution is 0.460. The van der Waals surface area contributed by atoms with Crippen molar-refractivity contribution in [1.29, 1.82) is 0 Å². The Balaban J connectivity index is 2.76. The molecule has 1 unspecified atom stereocenters. The van der Waals surface area contributed by atoms with E-state index in [1.807, 2.05) is 6.92 Å². The number of halogens is 1. The van der Waals surface area contributed by atoms with Crippen LogP contribution in [0.1, 0.15) is 16.5 Å². The lowest BCUT2D eigenvalue weighted by Gasteiger charge is -2.19. The van der Waals surface area contributed by atoms with Gasteiger partial charge >= 0.3 is 0 Å². The zero-order chi connectivity index (χ0) is 15.6. The highest BCUT2D eigenvalue weighted by Gasteiger charge is 2.27. The second-order valence-electron chi connectivity index (χ2n) is 4.53. The number of aryl methyl sites for hydroxylation is 1. The number of benzene rings is 1. The van der Waals surface area contributed by atoms with E-state index in [2.05, 4.69) is 16.5 Å². The highest BCUT2D eigenvalue weighted by Crippen LogP contribution is 2.35. The number of hydrogen-bond donors (Lipinski definition) is 2. The van der Waals surface area contributed by atoms with Crippen molar-refractivity contribution in [3.63, 3.8) is 0 Å². The average Bonchev–Trinajstić information content (AvgIpc) is 2.38. The number of pyridine rings is 1. The number of hydrogen-bond acceptors (Lipinski definition) is 4. The molecule has 0 spiro atoms. The summed E-state index contributed by atoms with van der Waals surface area (Å²) in [4.78, 5) is 3.92. The van der Waals surface area contributed by atoms with E-state index in [0.717, 1.165) is 5.56 Å². The quantitative estimate of drug-likeness (QED) is 0.845. The number of aromatic nitrogens is 1. The lowest BCUT2D eigenvalue weighted by atomic mass is 9.96. The number of nitrogens with one attached hydrogen (secondary N) is 1. The minimum Gasteiger partial charge on any atom is -0.298 e. The largest absolute Gasteiger partial charge is 0.298 e. The average molecular weight is 326 g/mol. The summed E-state index contributed by atoms with van der Waals surface area (Å²) in [5.41, 5.74) is 2.38. The molecule has 2 N–H and O–H groups in total. The van der Waals surface area contributed by atoms with Crippen molar-refractivity contribution in [2.24, 2.45) is 0 Å². The summed E-state index contributed by atoms with van der Waals surface area (Å²) in [7, 11) is -2.89. The van der Waals surface area contributed by atoms with Gasteiger partial charge in [-0.1, -0.05) is 17.7 Å². The van der Waals surface area contributed by atoms with E-state index < -0.39 is 15.5 Å². The van der Waals surface area contributed by atoms with Crippen LogP contribution in [-0.2, 0) is 10.1 Å². The Morgan fingerprint density at radius 2 is 2.14 bits per heavy atom. The first-order valence-corrected chi connectivity index (χ1v) is 7.99. The molecule has 1 heterocycles. The van der Waals surface area contributed by atoms with Crippen molar-refractivity contribution in [2.45, 2.75) is 12.3 Å². The number of rotatable bonds is 4. The predicted molar refractivity (Wildman–Crippen MR) is 81.6 cm³/mol. The van der Waals surface area contributed by atoms with Gasteiger partial charge in [-0.25, -0.2) is 0 Å². The summed E-state index contributed by atoms with van der Waals surface area (Å²) in [5, 5.41) is 1.70. The fourth-order valence-corrected chi connectivity index (χ4v) is 3.36. The standard InChI is InChI=1S/C14H14ClN2O3S/c1-9-6-11(15)7-12(14(16-2)21(18,19)20)13(9)10-4-3-5-17-8-10/h3-7,14,16H,1-2H3,(H,18,19,20). The van der Waals surface area contributed by atoms with Gasteiger partial charge in [0, 0.05) is 16.8 Å². The van der Waals surface area contributed by atoms with Crippen LogP contribution in [0.4, 0.5) is 0 Å². The fourth-order valence-electron chi connectivity index (χ4n) is 2.27. The molecule has 0 aliphatic heterocycles. The normalized spacial score (nSPS) is 13.1. The molecule has 2 aromatic rings. The maximum atomic E-state index is 11.6. The molecule has 1 radical (unpaired) electrons. The summed E-state index contributed by atoms with van der Waals surface area (Å²) in [6, 6.07) is 6.73. The molecule has 5 nitrogen and oxygen atoms in total. The lowest BCUT2D eigenvalue weighted by Crippen LogP contribution is -2.26. The zero-order valence-corrected chi connectivity index (χ0v) is 13.0. The van der Waals surface area contributed by atoms with Crippen molar-refractivity contribution in [1.82, 2.24) is 10.3 Å². The molecule has 0 fully saturated rings. The topological polar surface area (TPSA) is 79.3 Å². The summed E-state index contributed by atoms with van der Waals surface area (Å²) in [5.74, 6) is 0. The van der Waals surface area contributed by atoms with Gasteiger partial charge in [0.2, 0.25) is 0 Å². The number of nitrogens with zero attached hydrogens (tertiary/aromatic N) is 1. The molecule has 0 saturated heterocycles. The maximum Gasteiger partial charge on any atom is 0.285 e. The summed E-state index contributed by atoms with van der Waals surface area (Å²) in [6.07, 6.45) is 4.39. The molecule has 2 rings (SSSR count). The van der Waals surface area contributed by atoms with Gasteiger partial charge in [-0.3, -0.25) is 14.9 Å². The van der Waals surface area contributed by atoms with E-state index >= 15 is 0 Å². The van der Waals surface area contributed by atoms with E-state index in [4.69, 9.17) is 11.6 Å². The van der Waals surface area contributed by atoms with Crippen LogP contribution in [0.25, 0.3) is 11.1 Å². The molecule has 0 bridgehead atoms. The predicted octanol–water partition coefficient (Wildman–Crippen LogP) is 2.62. The molecule has 21 heavy (non-hydrogen) atoms. The van der Waals surface area contributed by atoms with Crippen molar-refractivity contribution >= 4 is 21.7 Å². The van der Waals surface area contributed by atoms with Gasteiger partial charge in [0.1, 0.15) is 0 Å². The smallest absolute Gasteiger partial charge is 0.285 e. The molecule has 1 aromatic carbocycles. The van der Waals surface area contributed by atoms with Crippen molar-refractivity contribution in [3.05, 3.63) is 52.8 Å². The van der Waals surface area contributed by atoms with Crippen LogP contribution in [-0.4, -0.2) is 25.0 Å². The van der Waals surface area contributed by atoms with E-state index in [1.165, 1.54) is 13.1 Å². The summed E-state index contributed by atoms with van der Waals surface area (Å²) in [6.45, 7) is 1.81. The van der Waals surface area contributed by atoms with Gasteiger partial charge in [0.25, 0.3) is 10.1 Å². The molecule has 1 atom stereocenters. The van der Waals surface area contributed by atoms with Crippen LogP contribution >= 0.6 is 11.6 Å². The van der Waals surface area contributed by atoms with Gasteiger partial charge in [-0.15, -0.1) is 0 Å². The van der Waals surface area contributed by atoms with Crippen LogP contribution in [0, 0.1) is 13.1 Å². The first-order chi connectivity index (χ1) is 9.84. The molecule has 1 aromatic heterocycles. The first kappa shape index (κ1) is 15.9. The Morgan fingerprint density at radius 3 is 2.67 bits per heavy atom. The second kappa shape index (κ2) is 6.11. The van der Waals surface area contributed by atoms with E-state index in [1.54, 1.807) is 24.4 Å². The summed E-state index contributed by atoms with van der Waals surface area (Å²) >= 11 is 6.03. The maximum absolute atomic E-state index is 11.6. The van der Waals surface area contributed by atoms with Gasteiger partial charge in [-0.2, -0.15) is 8.42 Å². The SMILES string of the molecule is CNC(c1cc(Cl)cc(C)c1-c1[c]nccc1)S(=O)(=O)O. The minimum absolute atomic E-state index is 0.356. The molecule has 7 heteroatoms. The van der Waals surface area contributed by atoms with Crippen LogP contribution in [0.2, 0.25) is 5.02 Å². The van der Waals surface area contributed by atoms with E-state index in [9.17, 15) is 13.0 Å². The van der Waals surface area contributed by atoms with Gasteiger partial charge in [0.05, 0.1) is 6.20 Å². The Bertz CT molecular complexity index is 748. The van der Waals surface area contributed by atoms with Gasteiger partial charge in [-0.05, 0) is 48.9 Å². The fraction of sp³-hybridized carbons (Fsp3) is 0.214. The van der Waals surface area contributed by atoms with Crippen molar-refractivity contribution < 1.29 is 13.0 Å². The highest BCUT2D eigenvalue weighted by atomic mass is 35.5. The molecule has 111 valence electrons. The third kappa shape index (κ3) is 3.41. The minimum atomic E-state index is -4.34. The van der Waals surface area contributed by atoms with Crippen LogP contribution in [0.15, 0.2) is 30.5 Å². The third-order valence-corrected chi connectivity index (χ3v) is 4.35. The highest BCUT2D eigenvalue weighted by molar-refractivity contribution is 7.86. The van der Waals surface area contributed by atoms with Crippen LogP contribution < -0.4 is 5.32 Å². The Morgan fingerprint density at radius 1 is 1.43 bits per heavy atom. The monoisotopic (exact) mass is 325 g/mol. The van der Waals surface area contributed by atoms with Gasteiger partial charge in [0.15, 0.2) is 5.37 Å².